The van der Waals surface area contributed by atoms with Crippen molar-refractivity contribution in [2.45, 2.75) is 19.9 Å². The van der Waals surface area contributed by atoms with Crippen LogP contribution in [-0.4, -0.2) is 17.9 Å². The zero-order valence-electron chi connectivity index (χ0n) is 13.8. The second-order valence-corrected chi connectivity index (χ2v) is 6.67. The standard InChI is InChI=1S/C18H18Cl2N2O3/c1-10(2)16(21)18(24)25-15-8-5-12(20)9-14(15)17(23)22-13-6-3-11(19)4-7-13/h3-10,16H,21H2,1-2H3,(H,22,23)/t16-/m0/s1. The van der Waals surface area contributed by atoms with Crippen LogP contribution in [0.4, 0.5) is 5.69 Å². The van der Waals surface area contributed by atoms with E-state index in [0.29, 0.717) is 15.7 Å². The number of amides is 1. The fourth-order valence-electron chi connectivity index (χ4n) is 1.95. The minimum Gasteiger partial charge on any atom is -0.425 e. The fourth-order valence-corrected chi connectivity index (χ4v) is 2.25. The second-order valence-electron chi connectivity index (χ2n) is 5.79. The number of nitrogens with two attached hydrogens (primary N) is 1. The molecule has 2 aromatic carbocycles. The maximum Gasteiger partial charge on any atom is 0.328 e. The highest BCUT2D eigenvalue weighted by molar-refractivity contribution is 6.31. The number of hydrogen-bond acceptors (Lipinski definition) is 4. The molecular weight excluding hydrogens is 363 g/mol. The number of anilines is 1. The summed E-state index contributed by atoms with van der Waals surface area (Å²) < 4.78 is 5.30. The van der Waals surface area contributed by atoms with E-state index in [0.717, 1.165) is 0 Å². The van der Waals surface area contributed by atoms with Gasteiger partial charge in [-0.1, -0.05) is 37.0 Å². The molecule has 7 heteroatoms. The van der Waals surface area contributed by atoms with Crippen molar-refractivity contribution in [3.63, 3.8) is 0 Å². The van der Waals surface area contributed by atoms with Gasteiger partial charge in [-0.25, -0.2) is 4.79 Å². The van der Waals surface area contributed by atoms with Crippen LogP contribution in [-0.2, 0) is 4.79 Å². The lowest BCUT2D eigenvalue weighted by atomic mass is 10.1. The van der Waals surface area contributed by atoms with Gasteiger partial charge in [0.15, 0.2) is 0 Å². The molecule has 0 fully saturated rings. The van der Waals surface area contributed by atoms with Gasteiger partial charge in [0.1, 0.15) is 11.8 Å². The molecule has 0 aromatic heterocycles. The summed E-state index contributed by atoms with van der Waals surface area (Å²) in [5, 5.41) is 3.60. The highest BCUT2D eigenvalue weighted by Gasteiger charge is 2.22. The Labute approximate surface area is 156 Å². The van der Waals surface area contributed by atoms with Crippen LogP contribution in [0.3, 0.4) is 0 Å². The van der Waals surface area contributed by atoms with Crippen molar-refractivity contribution >= 4 is 40.8 Å². The first-order valence-electron chi connectivity index (χ1n) is 7.61. The number of nitrogens with one attached hydrogen (secondary N) is 1. The van der Waals surface area contributed by atoms with Gasteiger partial charge in [0.2, 0.25) is 0 Å². The molecule has 1 atom stereocenters. The Morgan fingerprint density at radius 2 is 1.64 bits per heavy atom. The summed E-state index contributed by atoms with van der Waals surface area (Å²) >= 11 is 11.8. The molecule has 0 bridgehead atoms. The lowest BCUT2D eigenvalue weighted by Gasteiger charge is -2.16. The van der Waals surface area contributed by atoms with E-state index in [1.54, 1.807) is 24.3 Å². The molecule has 0 aliphatic carbocycles. The molecule has 3 N–H and O–H groups in total. The Morgan fingerprint density at radius 3 is 2.24 bits per heavy atom. The number of hydrogen-bond donors (Lipinski definition) is 2. The molecule has 0 heterocycles. The molecule has 0 saturated carbocycles. The number of carbonyl (C=O) groups excluding carboxylic acids is 2. The van der Waals surface area contributed by atoms with Crippen molar-refractivity contribution in [3.8, 4) is 5.75 Å². The maximum absolute atomic E-state index is 12.5. The van der Waals surface area contributed by atoms with Crippen LogP contribution in [0.5, 0.6) is 5.75 Å². The van der Waals surface area contributed by atoms with E-state index >= 15 is 0 Å². The molecular formula is C18H18Cl2N2O3. The number of ether oxygens (including phenoxy) is 1. The van der Waals surface area contributed by atoms with Gasteiger partial charge in [-0.3, -0.25) is 4.79 Å². The molecule has 0 unspecified atom stereocenters. The van der Waals surface area contributed by atoms with Crippen LogP contribution in [0, 0.1) is 5.92 Å². The van der Waals surface area contributed by atoms with Crippen LogP contribution in [0.25, 0.3) is 0 Å². The summed E-state index contributed by atoms with van der Waals surface area (Å²) in [6.07, 6.45) is 0. The summed E-state index contributed by atoms with van der Waals surface area (Å²) in [6.45, 7) is 3.61. The number of esters is 1. The first-order valence-corrected chi connectivity index (χ1v) is 8.37. The van der Waals surface area contributed by atoms with Crippen LogP contribution in [0.15, 0.2) is 42.5 Å². The van der Waals surface area contributed by atoms with Gasteiger partial charge < -0.3 is 15.8 Å². The molecule has 5 nitrogen and oxygen atoms in total. The van der Waals surface area contributed by atoms with Crippen LogP contribution in [0.2, 0.25) is 10.0 Å². The van der Waals surface area contributed by atoms with Crippen molar-refractivity contribution in [2.24, 2.45) is 11.7 Å². The molecule has 1 amide bonds. The molecule has 132 valence electrons. The number of benzene rings is 2. The predicted octanol–water partition coefficient (Wildman–Crippen LogP) is 4.13. The molecule has 0 spiro atoms. The predicted molar refractivity (Wildman–Crippen MR) is 99.3 cm³/mol. The topological polar surface area (TPSA) is 81.4 Å². The first-order chi connectivity index (χ1) is 11.8. The van der Waals surface area contributed by atoms with Gasteiger partial charge in [0, 0.05) is 15.7 Å². The highest BCUT2D eigenvalue weighted by atomic mass is 35.5. The zero-order chi connectivity index (χ0) is 18.6. The maximum atomic E-state index is 12.5. The van der Waals surface area contributed by atoms with E-state index in [1.807, 2.05) is 13.8 Å². The van der Waals surface area contributed by atoms with E-state index < -0.39 is 17.9 Å². The summed E-state index contributed by atoms with van der Waals surface area (Å²) in [5.74, 6) is -1.08. The molecule has 0 saturated heterocycles. The largest absolute Gasteiger partial charge is 0.425 e. The third-order valence-corrected chi connectivity index (χ3v) is 3.98. The van der Waals surface area contributed by atoms with Crippen molar-refractivity contribution in [1.29, 1.82) is 0 Å². The second kappa shape index (κ2) is 8.34. The van der Waals surface area contributed by atoms with Gasteiger partial charge in [0.25, 0.3) is 5.91 Å². The smallest absolute Gasteiger partial charge is 0.328 e. The Balaban J connectivity index is 2.24. The van der Waals surface area contributed by atoms with Gasteiger partial charge >= 0.3 is 5.97 Å². The normalized spacial score (nSPS) is 11.9. The molecule has 2 rings (SSSR count). The quantitative estimate of drug-likeness (QED) is 0.603. The lowest BCUT2D eigenvalue weighted by molar-refractivity contribution is -0.136. The van der Waals surface area contributed by atoms with Crippen LogP contribution >= 0.6 is 23.2 Å². The third-order valence-electron chi connectivity index (χ3n) is 3.49. The van der Waals surface area contributed by atoms with Gasteiger partial charge in [-0.2, -0.15) is 0 Å². The minimum absolute atomic E-state index is 0.0915. The van der Waals surface area contributed by atoms with Crippen LogP contribution in [0.1, 0.15) is 24.2 Å². The van der Waals surface area contributed by atoms with Gasteiger partial charge in [0.05, 0.1) is 5.56 Å². The van der Waals surface area contributed by atoms with Crippen molar-refractivity contribution < 1.29 is 14.3 Å². The van der Waals surface area contributed by atoms with E-state index in [9.17, 15) is 9.59 Å². The van der Waals surface area contributed by atoms with E-state index in [-0.39, 0.29) is 17.2 Å². The van der Waals surface area contributed by atoms with Gasteiger partial charge in [-0.05, 0) is 48.4 Å². The van der Waals surface area contributed by atoms with Crippen molar-refractivity contribution in [2.75, 3.05) is 5.32 Å². The summed E-state index contributed by atoms with van der Waals surface area (Å²) in [6, 6.07) is 10.2. The van der Waals surface area contributed by atoms with E-state index in [1.165, 1.54) is 18.2 Å². The van der Waals surface area contributed by atoms with E-state index in [2.05, 4.69) is 5.32 Å². The average molecular weight is 381 g/mol. The van der Waals surface area contributed by atoms with E-state index in [4.69, 9.17) is 33.7 Å². The Bertz CT molecular complexity index is 776. The van der Waals surface area contributed by atoms with Crippen LogP contribution < -0.4 is 15.8 Å². The molecule has 25 heavy (non-hydrogen) atoms. The molecule has 0 aliphatic rings. The zero-order valence-corrected chi connectivity index (χ0v) is 15.3. The minimum atomic E-state index is -0.789. The molecule has 2 aromatic rings. The van der Waals surface area contributed by atoms with Crippen molar-refractivity contribution in [3.05, 3.63) is 58.1 Å². The Kier molecular flexibility index (Phi) is 6.42. The number of rotatable bonds is 5. The summed E-state index contributed by atoms with van der Waals surface area (Å²) in [7, 11) is 0. The SMILES string of the molecule is CC(C)[C@H](N)C(=O)Oc1ccc(Cl)cc1C(=O)Nc1ccc(Cl)cc1. The number of carbonyl (C=O) groups is 2. The molecule has 0 aliphatic heterocycles. The first kappa shape index (κ1) is 19.2. The third kappa shape index (κ3) is 5.19. The lowest BCUT2D eigenvalue weighted by Crippen LogP contribution is -2.38. The Hall–Kier alpha value is -2.08. The van der Waals surface area contributed by atoms with Gasteiger partial charge in [-0.15, -0.1) is 0 Å². The fraction of sp³-hybridized carbons (Fsp3) is 0.222. The average Bonchev–Trinajstić information content (AvgIpc) is 2.57. The summed E-state index contributed by atoms with van der Waals surface area (Å²) in [5.41, 5.74) is 6.47. The molecule has 0 radical (unpaired) electrons. The number of halogens is 2. The highest BCUT2D eigenvalue weighted by Crippen LogP contribution is 2.25. The van der Waals surface area contributed by atoms with Crippen molar-refractivity contribution in [1.82, 2.24) is 0 Å². The summed E-state index contributed by atoms with van der Waals surface area (Å²) in [4.78, 5) is 24.6. The Morgan fingerprint density at radius 1 is 1.04 bits per heavy atom. The monoisotopic (exact) mass is 380 g/mol.